The predicted octanol–water partition coefficient (Wildman–Crippen LogP) is 3.54. The molecule has 0 bridgehead atoms. The molecule has 0 atom stereocenters. The molecule has 1 aliphatic heterocycles. The van der Waals surface area contributed by atoms with Crippen LogP contribution in [0, 0.1) is 12.7 Å². The van der Waals surface area contributed by atoms with Crippen molar-refractivity contribution in [2.24, 2.45) is 0 Å². The lowest BCUT2D eigenvalue weighted by atomic mass is 10.1. The molecule has 5 nitrogen and oxygen atoms in total. The summed E-state index contributed by atoms with van der Waals surface area (Å²) in [6.07, 6.45) is 1.59. The highest BCUT2D eigenvalue weighted by molar-refractivity contribution is 7.92. The normalized spacial score (nSPS) is 15.3. The van der Waals surface area contributed by atoms with Gasteiger partial charge in [-0.3, -0.25) is 4.79 Å². The number of hydrogen-bond acceptors (Lipinski definition) is 4. The zero-order valence-corrected chi connectivity index (χ0v) is 17.5. The third kappa shape index (κ3) is 4.96. The quantitative estimate of drug-likeness (QED) is 0.719. The molecule has 0 unspecified atom stereocenters. The van der Waals surface area contributed by atoms with Crippen LogP contribution >= 0.6 is 0 Å². The Labute approximate surface area is 171 Å². The standard InChI is InChI=1S/C22H26FNO4S/c1-16-3-4-17(15-21(16)23)5-10-22(25)24-13-11-20(12-14-24)29(26,27)19-8-6-18(28-2)7-9-19/h3-4,6-9,15,20H,5,10-14H2,1-2H3. The summed E-state index contributed by atoms with van der Waals surface area (Å²) < 4.78 is 44.4. The fourth-order valence-corrected chi connectivity index (χ4v) is 5.31. The van der Waals surface area contributed by atoms with Gasteiger partial charge in [-0.05, 0) is 67.6 Å². The third-order valence-electron chi connectivity index (χ3n) is 5.49. The van der Waals surface area contributed by atoms with E-state index in [2.05, 4.69) is 0 Å². The van der Waals surface area contributed by atoms with Gasteiger partial charge >= 0.3 is 0 Å². The number of hydrogen-bond donors (Lipinski definition) is 0. The molecule has 29 heavy (non-hydrogen) atoms. The lowest BCUT2D eigenvalue weighted by Crippen LogP contribution is -2.42. The minimum Gasteiger partial charge on any atom is -0.497 e. The third-order valence-corrected chi connectivity index (χ3v) is 7.76. The average Bonchev–Trinajstić information content (AvgIpc) is 2.74. The van der Waals surface area contributed by atoms with Crippen LogP contribution in [0.1, 0.15) is 30.4 Å². The summed E-state index contributed by atoms with van der Waals surface area (Å²) >= 11 is 0. The molecular formula is C22H26FNO4S. The van der Waals surface area contributed by atoms with Crippen LogP contribution in [-0.2, 0) is 21.1 Å². The van der Waals surface area contributed by atoms with Crippen LogP contribution < -0.4 is 4.74 Å². The van der Waals surface area contributed by atoms with Gasteiger partial charge in [-0.2, -0.15) is 0 Å². The molecule has 1 fully saturated rings. The largest absolute Gasteiger partial charge is 0.497 e. The first-order chi connectivity index (χ1) is 13.8. The van der Waals surface area contributed by atoms with E-state index in [1.807, 2.05) is 6.07 Å². The first-order valence-electron chi connectivity index (χ1n) is 9.72. The minimum atomic E-state index is -3.44. The van der Waals surface area contributed by atoms with Crippen molar-refractivity contribution in [3.63, 3.8) is 0 Å². The molecule has 1 amide bonds. The maximum Gasteiger partial charge on any atom is 0.222 e. The zero-order valence-electron chi connectivity index (χ0n) is 16.7. The Balaban J connectivity index is 1.54. The van der Waals surface area contributed by atoms with Gasteiger partial charge in [0.05, 0.1) is 17.3 Å². The number of benzene rings is 2. The fourth-order valence-electron chi connectivity index (χ4n) is 3.57. The second-order valence-corrected chi connectivity index (χ2v) is 9.61. The van der Waals surface area contributed by atoms with Crippen molar-refractivity contribution in [3.8, 4) is 5.75 Å². The van der Waals surface area contributed by atoms with Crippen LogP contribution in [0.5, 0.6) is 5.75 Å². The number of nitrogens with zero attached hydrogens (tertiary/aromatic N) is 1. The van der Waals surface area contributed by atoms with E-state index in [1.54, 1.807) is 42.2 Å². The number of methoxy groups -OCH3 is 1. The highest BCUT2D eigenvalue weighted by Gasteiger charge is 2.32. The van der Waals surface area contributed by atoms with E-state index >= 15 is 0 Å². The molecule has 0 aromatic heterocycles. The van der Waals surface area contributed by atoms with Gasteiger partial charge < -0.3 is 9.64 Å². The molecule has 1 aliphatic rings. The highest BCUT2D eigenvalue weighted by Crippen LogP contribution is 2.26. The number of ether oxygens (including phenoxy) is 1. The molecule has 3 rings (SSSR count). The molecule has 7 heteroatoms. The average molecular weight is 420 g/mol. The number of carbonyl (C=O) groups is 1. The van der Waals surface area contributed by atoms with Crippen molar-refractivity contribution in [1.82, 2.24) is 4.90 Å². The van der Waals surface area contributed by atoms with Gasteiger partial charge in [-0.15, -0.1) is 0 Å². The Bertz CT molecular complexity index is 965. The fraction of sp³-hybridized carbons (Fsp3) is 0.409. The minimum absolute atomic E-state index is 0.0220. The number of aryl methyl sites for hydroxylation is 2. The van der Waals surface area contributed by atoms with E-state index in [9.17, 15) is 17.6 Å². The lowest BCUT2D eigenvalue weighted by Gasteiger charge is -2.32. The Morgan fingerprint density at radius 1 is 1.14 bits per heavy atom. The summed E-state index contributed by atoms with van der Waals surface area (Å²) in [6.45, 7) is 2.54. The maximum absolute atomic E-state index is 13.6. The molecule has 1 saturated heterocycles. The second kappa shape index (κ2) is 8.95. The first kappa shape index (κ1) is 21.3. The van der Waals surface area contributed by atoms with Gasteiger partial charge in [0.25, 0.3) is 0 Å². The molecular weight excluding hydrogens is 393 g/mol. The van der Waals surface area contributed by atoms with E-state index in [0.29, 0.717) is 50.1 Å². The van der Waals surface area contributed by atoms with E-state index in [-0.39, 0.29) is 16.6 Å². The molecule has 2 aromatic rings. The Morgan fingerprint density at radius 3 is 2.38 bits per heavy atom. The SMILES string of the molecule is COc1ccc(S(=O)(=O)C2CCN(C(=O)CCc3ccc(C)c(F)c3)CC2)cc1. The zero-order chi connectivity index (χ0) is 21.0. The number of likely N-dealkylation sites (tertiary alicyclic amines) is 1. The summed E-state index contributed by atoms with van der Waals surface area (Å²) in [4.78, 5) is 14.5. The number of sulfone groups is 1. The van der Waals surface area contributed by atoms with E-state index in [1.165, 1.54) is 13.2 Å². The summed E-state index contributed by atoms with van der Waals surface area (Å²) in [6, 6.07) is 11.4. The van der Waals surface area contributed by atoms with Gasteiger partial charge in [0.2, 0.25) is 5.91 Å². The van der Waals surface area contributed by atoms with Crippen molar-refractivity contribution in [3.05, 3.63) is 59.4 Å². The number of halogens is 1. The van der Waals surface area contributed by atoms with Crippen molar-refractivity contribution < 1.29 is 22.3 Å². The van der Waals surface area contributed by atoms with E-state index in [0.717, 1.165) is 5.56 Å². The van der Waals surface area contributed by atoms with Gasteiger partial charge in [-0.1, -0.05) is 12.1 Å². The smallest absolute Gasteiger partial charge is 0.222 e. The van der Waals surface area contributed by atoms with Crippen molar-refractivity contribution in [2.45, 2.75) is 42.8 Å². The van der Waals surface area contributed by atoms with E-state index < -0.39 is 15.1 Å². The van der Waals surface area contributed by atoms with E-state index in [4.69, 9.17) is 4.74 Å². The van der Waals surface area contributed by atoms with Crippen LogP contribution in [0.3, 0.4) is 0 Å². The molecule has 0 N–H and O–H groups in total. The van der Waals surface area contributed by atoms with Crippen molar-refractivity contribution in [1.29, 1.82) is 0 Å². The summed E-state index contributed by atoms with van der Waals surface area (Å²) in [5.41, 5.74) is 1.37. The van der Waals surface area contributed by atoms with Crippen LogP contribution in [0.4, 0.5) is 4.39 Å². The van der Waals surface area contributed by atoms with Crippen LogP contribution in [0.25, 0.3) is 0 Å². The highest BCUT2D eigenvalue weighted by atomic mass is 32.2. The van der Waals surface area contributed by atoms with Crippen LogP contribution in [0.2, 0.25) is 0 Å². The van der Waals surface area contributed by atoms with Crippen LogP contribution in [0.15, 0.2) is 47.4 Å². The Kier molecular flexibility index (Phi) is 6.57. The van der Waals surface area contributed by atoms with Gasteiger partial charge in [-0.25, -0.2) is 12.8 Å². The number of piperidine rings is 1. The molecule has 156 valence electrons. The molecule has 1 heterocycles. The number of amides is 1. The molecule has 0 aliphatic carbocycles. The molecule has 2 aromatic carbocycles. The monoisotopic (exact) mass is 419 g/mol. The molecule has 0 spiro atoms. The topological polar surface area (TPSA) is 63.7 Å². The second-order valence-electron chi connectivity index (χ2n) is 7.38. The van der Waals surface area contributed by atoms with Gasteiger partial charge in [0.1, 0.15) is 11.6 Å². The maximum atomic E-state index is 13.6. The van der Waals surface area contributed by atoms with Crippen molar-refractivity contribution >= 4 is 15.7 Å². The van der Waals surface area contributed by atoms with Gasteiger partial charge in [0, 0.05) is 19.5 Å². The summed E-state index contributed by atoms with van der Waals surface area (Å²) in [5, 5.41) is -0.494. The Hall–Kier alpha value is -2.41. The van der Waals surface area contributed by atoms with Crippen molar-refractivity contribution in [2.75, 3.05) is 20.2 Å². The number of rotatable bonds is 6. The first-order valence-corrected chi connectivity index (χ1v) is 11.3. The molecule has 0 radical (unpaired) electrons. The molecule has 0 saturated carbocycles. The summed E-state index contributed by atoms with van der Waals surface area (Å²) in [7, 11) is -1.90. The van der Waals surface area contributed by atoms with Gasteiger partial charge in [0.15, 0.2) is 9.84 Å². The van der Waals surface area contributed by atoms with Crippen LogP contribution in [-0.4, -0.2) is 44.7 Å². The predicted molar refractivity (Wildman–Crippen MR) is 109 cm³/mol. The lowest BCUT2D eigenvalue weighted by molar-refractivity contribution is -0.132. The summed E-state index contributed by atoms with van der Waals surface area (Å²) in [5.74, 6) is 0.323. The number of carbonyl (C=O) groups excluding carboxylic acids is 1. The Morgan fingerprint density at radius 2 is 1.79 bits per heavy atom.